The average Bonchev–Trinajstić information content (AvgIpc) is 3.03. The summed E-state index contributed by atoms with van der Waals surface area (Å²) in [6.45, 7) is 2.82. The molecule has 1 atom stereocenters. The highest BCUT2D eigenvalue weighted by Gasteiger charge is 2.28. The van der Waals surface area contributed by atoms with E-state index < -0.39 is 0 Å². The molecule has 3 rings (SSSR count). The Hall–Kier alpha value is -2.46. The van der Waals surface area contributed by atoms with E-state index in [0.29, 0.717) is 37.7 Å². The zero-order valence-electron chi connectivity index (χ0n) is 13.4. The zero-order chi connectivity index (χ0) is 16.4. The van der Waals surface area contributed by atoms with Crippen LogP contribution in [0.4, 0.5) is 4.79 Å². The molecule has 7 heteroatoms. The summed E-state index contributed by atoms with van der Waals surface area (Å²) in [7, 11) is 3.50. The molecule has 0 N–H and O–H groups in total. The first kappa shape index (κ1) is 15.4. The van der Waals surface area contributed by atoms with Gasteiger partial charge in [-0.1, -0.05) is 6.07 Å². The number of fused-ring (bicyclic) bond motifs is 1. The fraction of sp³-hybridized carbons (Fsp3) is 0.500. The number of ether oxygens (including phenoxy) is 2. The molecule has 2 aliphatic heterocycles. The highest BCUT2D eigenvalue weighted by Crippen LogP contribution is 2.35. The Bertz CT molecular complexity index is 633. The molecule has 1 aromatic carbocycles. The Balaban J connectivity index is 1.69. The van der Waals surface area contributed by atoms with Crippen LogP contribution in [-0.2, 0) is 0 Å². The van der Waals surface area contributed by atoms with Crippen molar-refractivity contribution in [2.24, 2.45) is 0 Å². The van der Waals surface area contributed by atoms with Crippen LogP contribution in [0.3, 0.4) is 0 Å². The van der Waals surface area contributed by atoms with Gasteiger partial charge in [-0.3, -0.25) is 4.90 Å². The Morgan fingerprint density at radius 3 is 2.57 bits per heavy atom. The standard InChI is InChI=1S/C16H20N4O3/c1-18(2)16(21)20-7-5-19(6-8-20)13(10-17)12-3-4-14-15(9-12)23-11-22-14/h3-4,9,13H,5-8,11H2,1-2H3. The molecule has 122 valence electrons. The summed E-state index contributed by atoms with van der Waals surface area (Å²) in [6.07, 6.45) is 0. The molecule has 0 aliphatic carbocycles. The third kappa shape index (κ3) is 3.03. The Labute approximate surface area is 135 Å². The lowest BCUT2D eigenvalue weighted by Crippen LogP contribution is -2.52. The third-order valence-corrected chi connectivity index (χ3v) is 4.17. The quantitative estimate of drug-likeness (QED) is 0.822. The van der Waals surface area contributed by atoms with E-state index in [-0.39, 0.29) is 18.9 Å². The van der Waals surface area contributed by atoms with Gasteiger partial charge in [0.15, 0.2) is 11.5 Å². The third-order valence-electron chi connectivity index (χ3n) is 4.17. The maximum Gasteiger partial charge on any atom is 0.319 e. The van der Waals surface area contributed by atoms with Gasteiger partial charge in [0.1, 0.15) is 6.04 Å². The van der Waals surface area contributed by atoms with E-state index in [9.17, 15) is 10.1 Å². The van der Waals surface area contributed by atoms with Crippen molar-refractivity contribution < 1.29 is 14.3 Å². The van der Waals surface area contributed by atoms with Crippen LogP contribution in [0, 0.1) is 11.3 Å². The molecular weight excluding hydrogens is 296 g/mol. The summed E-state index contributed by atoms with van der Waals surface area (Å²) < 4.78 is 10.7. The first-order valence-corrected chi connectivity index (χ1v) is 7.59. The second-order valence-electron chi connectivity index (χ2n) is 5.84. The maximum absolute atomic E-state index is 12.0. The molecule has 0 bridgehead atoms. The Kier molecular flexibility index (Phi) is 4.26. The number of amides is 2. The fourth-order valence-corrected chi connectivity index (χ4v) is 2.90. The van der Waals surface area contributed by atoms with E-state index in [2.05, 4.69) is 11.0 Å². The highest BCUT2D eigenvalue weighted by molar-refractivity contribution is 5.73. The molecule has 2 amide bonds. The minimum atomic E-state index is -0.346. The summed E-state index contributed by atoms with van der Waals surface area (Å²) >= 11 is 0. The van der Waals surface area contributed by atoms with Gasteiger partial charge in [-0.2, -0.15) is 5.26 Å². The summed E-state index contributed by atoms with van der Waals surface area (Å²) in [5, 5.41) is 9.59. The van der Waals surface area contributed by atoms with Gasteiger partial charge in [0.25, 0.3) is 0 Å². The molecule has 1 saturated heterocycles. The number of piperazine rings is 1. The number of hydrogen-bond acceptors (Lipinski definition) is 5. The predicted molar refractivity (Wildman–Crippen MR) is 83.1 cm³/mol. The summed E-state index contributed by atoms with van der Waals surface area (Å²) in [6, 6.07) is 7.64. The Morgan fingerprint density at radius 1 is 1.22 bits per heavy atom. The molecule has 23 heavy (non-hydrogen) atoms. The Morgan fingerprint density at radius 2 is 1.91 bits per heavy atom. The van der Waals surface area contributed by atoms with Crippen molar-refractivity contribution in [1.82, 2.24) is 14.7 Å². The van der Waals surface area contributed by atoms with E-state index in [1.807, 2.05) is 23.1 Å². The van der Waals surface area contributed by atoms with Gasteiger partial charge in [0, 0.05) is 40.3 Å². The molecule has 0 saturated carbocycles. The number of nitriles is 1. The molecule has 2 heterocycles. The highest BCUT2D eigenvalue weighted by atomic mass is 16.7. The molecule has 0 spiro atoms. The van der Waals surface area contributed by atoms with Gasteiger partial charge >= 0.3 is 6.03 Å². The van der Waals surface area contributed by atoms with Crippen molar-refractivity contribution in [3.05, 3.63) is 23.8 Å². The van der Waals surface area contributed by atoms with Crippen molar-refractivity contribution in [2.75, 3.05) is 47.1 Å². The van der Waals surface area contributed by atoms with E-state index >= 15 is 0 Å². The summed E-state index contributed by atoms with van der Waals surface area (Å²) in [4.78, 5) is 17.5. The monoisotopic (exact) mass is 316 g/mol. The fourth-order valence-electron chi connectivity index (χ4n) is 2.90. The molecule has 7 nitrogen and oxygen atoms in total. The van der Waals surface area contributed by atoms with E-state index in [1.54, 1.807) is 19.0 Å². The van der Waals surface area contributed by atoms with E-state index in [0.717, 1.165) is 5.56 Å². The lowest BCUT2D eigenvalue weighted by molar-refractivity contribution is 0.111. The topological polar surface area (TPSA) is 69.0 Å². The largest absolute Gasteiger partial charge is 0.454 e. The van der Waals surface area contributed by atoms with Crippen molar-refractivity contribution >= 4 is 6.03 Å². The number of carbonyl (C=O) groups excluding carboxylic acids is 1. The van der Waals surface area contributed by atoms with Crippen LogP contribution in [0.5, 0.6) is 11.5 Å². The molecular formula is C16H20N4O3. The number of hydrogen-bond donors (Lipinski definition) is 0. The van der Waals surface area contributed by atoms with Crippen molar-refractivity contribution in [3.8, 4) is 17.6 Å². The second-order valence-corrected chi connectivity index (χ2v) is 5.84. The molecule has 2 aliphatic rings. The van der Waals surface area contributed by atoms with Crippen LogP contribution in [0.2, 0.25) is 0 Å². The van der Waals surface area contributed by atoms with E-state index in [4.69, 9.17) is 9.47 Å². The first-order chi connectivity index (χ1) is 11.1. The molecule has 0 radical (unpaired) electrons. The molecule has 0 aromatic heterocycles. The number of rotatable bonds is 2. The number of urea groups is 1. The number of carbonyl (C=O) groups is 1. The lowest BCUT2D eigenvalue weighted by Gasteiger charge is -2.37. The lowest BCUT2D eigenvalue weighted by atomic mass is 10.0. The van der Waals surface area contributed by atoms with Crippen LogP contribution >= 0.6 is 0 Å². The van der Waals surface area contributed by atoms with E-state index in [1.165, 1.54) is 0 Å². The van der Waals surface area contributed by atoms with Crippen molar-refractivity contribution in [3.63, 3.8) is 0 Å². The van der Waals surface area contributed by atoms with Gasteiger partial charge in [-0.15, -0.1) is 0 Å². The van der Waals surface area contributed by atoms with Gasteiger partial charge in [-0.25, -0.2) is 4.79 Å². The summed E-state index contributed by atoms with van der Waals surface area (Å²) in [5.74, 6) is 1.40. The van der Waals surface area contributed by atoms with Crippen LogP contribution in [-0.4, -0.2) is 67.8 Å². The molecule has 1 unspecified atom stereocenters. The normalized spacial score (nSPS) is 18.4. The second kappa shape index (κ2) is 6.34. The average molecular weight is 316 g/mol. The summed E-state index contributed by atoms with van der Waals surface area (Å²) in [5.41, 5.74) is 0.893. The smallest absolute Gasteiger partial charge is 0.319 e. The zero-order valence-corrected chi connectivity index (χ0v) is 13.4. The van der Waals surface area contributed by atoms with Crippen molar-refractivity contribution in [1.29, 1.82) is 5.26 Å². The number of benzene rings is 1. The minimum Gasteiger partial charge on any atom is -0.454 e. The minimum absolute atomic E-state index is 0.0150. The van der Waals surface area contributed by atoms with Gasteiger partial charge in [-0.05, 0) is 17.7 Å². The van der Waals surface area contributed by atoms with Crippen LogP contribution in [0.15, 0.2) is 18.2 Å². The van der Waals surface area contributed by atoms with Crippen LogP contribution < -0.4 is 9.47 Å². The molecule has 1 aromatic rings. The van der Waals surface area contributed by atoms with Gasteiger partial charge < -0.3 is 19.3 Å². The van der Waals surface area contributed by atoms with Gasteiger partial charge in [0.05, 0.1) is 6.07 Å². The van der Waals surface area contributed by atoms with Crippen LogP contribution in [0.1, 0.15) is 11.6 Å². The van der Waals surface area contributed by atoms with Crippen molar-refractivity contribution in [2.45, 2.75) is 6.04 Å². The SMILES string of the molecule is CN(C)C(=O)N1CCN(C(C#N)c2ccc3c(c2)OCO3)CC1. The first-order valence-electron chi connectivity index (χ1n) is 7.59. The molecule has 1 fully saturated rings. The number of nitrogens with zero attached hydrogens (tertiary/aromatic N) is 4. The maximum atomic E-state index is 12.0. The predicted octanol–water partition coefficient (Wildman–Crippen LogP) is 1.28. The van der Waals surface area contributed by atoms with Crippen LogP contribution in [0.25, 0.3) is 0 Å². The van der Waals surface area contributed by atoms with Gasteiger partial charge in [0.2, 0.25) is 6.79 Å².